The molecule has 0 aliphatic carbocycles. The third kappa shape index (κ3) is 5.61. The van der Waals surface area contributed by atoms with Gasteiger partial charge in [0.2, 0.25) is 0 Å². The van der Waals surface area contributed by atoms with Crippen molar-refractivity contribution in [3.05, 3.63) is 119 Å². The second-order valence-electron chi connectivity index (χ2n) is 8.53. The summed E-state index contributed by atoms with van der Waals surface area (Å²) >= 11 is 4.50. The van der Waals surface area contributed by atoms with E-state index in [2.05, 4.69) is 14.1 Å². The predicted molar refractivity (Wildman–Crippen MR) is 153 cm³/mol. The van der Waals surface area contributed by atoms with E-state index >= 15 is 0 Å². The second kappa shape index (κ2) is 11.8. The fraction of sp³-hybridized carbons (Fsp3) is 0.107. The summed E-state index contributed by atoms with van der Waals surface area (Å²) in [6.45, 7) is 0.288. The van der Waals surface area contributed by atoms with Gasteiger partial charge in [-0.1, -0.05) is 78.9 Å². The fourth-order valence-electron chi connectivity index (χ4n) is 4.27. The van der Waals surface area contributed by atoms with Crippen LogP contribution in [-0.2, 0) is 30.1 Å². The van der Waals surface area contributed by atoms with Gasteiger partial charge in [0.15, 0.2) is 5.82 Å². The van der Waals surface area contributed by atoms with E-state index in [1.165, 1.54) is 0 Å². The van der Waals surface area contributed by atoms with E-state index in [0.29, 0.717) is 17.7 Å². The summed E-state index contributed by atoms with van der Waals surface area (Å²) in [5.41, 5.74) is 3.61. The van der Waals surface area contributed by atoms with Crippen molar-refractivity contribution in [2.24, 2.45) is 0 Å². The summed E-state index contributed by atoms with van der Waals surface area (Å²) in [5.74, 6) is -0.00461. The van der Waals surface area contributed by atoms with Crippen LogP contribution in [0.4, 0.5) is 11.5 Å². The third-order valence-electron chi connectivity index (χ3n) is 6.10. The van der Waals surface area contributed by atoms with Gasteiger partial charge in [0, 0.05) is 18.8 Å². The van der Waals surface area contributed by atoms with Crippen LogP contribution in [0.25, 0.3) is 10.8 Å². The largest absolute Gasteiger partial charge is 0.348 e. The number of halogens is 1. The van der Waals surface area contributed by atoms with Gasteiger partial charge >= 0.3 is 0 Å². The van der Waals surface area contributed by atoms with E-state index in [1.54, 1.807) is 18.2 Å². The number of rotatable bonds is 9. The molecule has 4 aromatic carbocycles. The average molecular weight is 563 g/mol. The van der Waals surface area contributed by atoms with Crippen molar-refractivity contribution in [1.29, 1.82) is 0 Å². The van der Waals surface area contributed by atoms with E-state index in [1.807, 2.05) is 72.8 Å². The summed E-state index contributed by atoms with van der Waals surface area (Å²) in [7, 11) is 0. The van der Waals surface area contributed by atoms with E-state index in [9.17, 15) is 13.6 Å². The molecule has 0 fully saturated rings. The first kappa shape index (κ1) is 26.0. The van der Waals surface area contributed by atoms with Crippen molar-refractivity contribution in [2.75, 3.05) is 4.31 Å². The van der Waals surface area contributed by atoms with E-state index < -0.39 is 17.2 Å². The van der Waals surface area contributed by atoms with Crippen LogP contribution in [0.1, 0.15) is 32.7 Å². The fourth-order valence-corrected chi connectivity index (χ4v) is 5.65. The molecule has 0 aliphatic heterocycles. The summed E-state index contributed by atoms with van der Waals surface area (Å²) in [4.78, 5) is 13.5. The van der Waals surface area contributed by atoms with Gasteiger partial charge in [-0.2, -0.15) is 8.75 Å². The Morgan fingerprint density at radius 2 is 1.71 bits per heavy atom. The molecule has 192 valence electrons. The van der Waals surface area contributed by atoms with Crippen molar-refractivity contribution in [3.63, 3.8) is 0 Å². The van der Waals surface area contributed by atoms with Crippen LogP contribution >= 0.6 is 23.3 Å². The van der Waals surface area contributed by atoms with Crippen LogP contribution in [0.5, 0.6) is 0 Å². The Morgan fingerprint density at radius 1 is 0.947 bits per heavy atom. The Balaban J connectivity index is 1.49. The lowest BCUT2D eigenvalue weighted by molar-refractivity contribution is 0.0952. The zero-order valence-corrected chi connectivity index (χ0v) is 22.5. The first-order valence-corrected chi connectivity index (χ1v) is 14.1. The normalized spacial score (nSPS) is 11.8. The van der Waals surface area contributed by atoms with Gasteiger partial charge in [0.1, 0.15) is 5.69 Å². The molecule has 2 N–H and O–H groups in total. The molecular formula is C28H23ClN4O3S2. The first-order valence-electron chi connectivity index (χ1n) is 11.8. The molecule has 1 aromatic heterocycles. The molecule has 0 radical (unpaired) electrons. The van der Waals surface area contributed by atoms with Crippen LogP contribution < -0.4 is 9.62 Å². The SMILES string of the molecule is O=C(NCc1cccc2ccccc12)c1ccc(CCl)cc1N(c1nsnc1Cc1ccccc1)S(=O)O. The van der Waals surface area contributed by atoms with Crippen molar-refractivity contribution < 1.29 is 13.6 Å². The smallest absolute Gasteiger partial charge is 0.268 e. The van der Waals surface area contributed by atoms with Crippen molar-refractivity contribution >= 4 is 62.8 Å². The number of nitrogens with one attached hydrogen (secondary N) is 1. The van der Waals surface area contributed by atoms with Gasteiger partial charge in [-0.05, 0) is 39.6 Å². The molecule has 0 bridgehead atoms. The van der Waals surface area contributed by atoms with Gasteiger partial charge in [-0.15, -0.1) is 11.6 Å². The van der Waals surface area contributed by atoms with Crippen molar-refractivity contribution in [1.82, 2.24) is 14.1 Å². The number of hydrogen-bond acceptors (Lipinski definition) is 5. The summed E-state index contributed by atoms with van der Waals surface area (Å²) in [6, 6.07) is 28.5. The van der Waals surface area contributed by atoms with Gasteiger partial charge in [-0.25, -0.2) is 8.51 Å². The van der Waals surface area contributed by atoms with Crippen LogP contribution in [0.15, 0.2) is 91.0 Å². The number of hydrogen-bond donors (Lipinski definition) is 2. The molecule has 1 amide bonds. The first-order chi connectivity index (χ1) is 18.5. The van der Waals surface area contributed by atoms with E-state index in [4.69, 9.17) is 11.6 Å². The molecule has 10 heteroatoms. The lowest BCUT2D eigenvalue weighted by atomic mass is 10.0. The number of benzene rings is 4. The van der Waals surface area contributed by atoms with Gasteiger partial charge in [0.25, 0.3) is 17.2 Å². The number of aromatic nitrogens is 2. The minimum Gasteiger partial charge on any atom is -0.348 e. The zero-order chi connectivity index (χ0) is 26.5. The average Bonchev–Trinajstić information content (AvgIpc) is 3.39. The van der Waals surface area contributed by atoms with Gasteiger partial charge < -0.3 is 5.32 Å². The molecule has 5 aromatic rings. The molecule has 1 atom stereocenters. The topological polar surface area (TPSA) is 95.4 Å². The number of carbonyl (C=O) groups is 1. The number of anilines is 2. The molecule has 7 nitrogen and oxygen atoms in total. The number of nitrogens with zero attached hydrogens (tertiary/aromatic N) is 3. The molecular weight excluding hydrogens is 540 g/mol. The highest BCUT2D eigenvalue weighted by Crippen LogP contribution is 2.34. The molecule has 0 spiro atoms. The number of amides is 1. The maximum absolute atomic E-state index is 13.5. The Kier molecular flexibility index (Phi) is 8.09. The molecule has 0 saturated heterocycles. The number of fused-ring (bicyclic) bond motifs is 1. The maximum Gasteiger partial charge on any atom is 0.268 e. The molecule has 5 rings (SSSR count). The lowest BCUT2D eigenvalue weighted by Crippen LogP contribution is -2.28. The quantitative estimate of drug-likeness (QED) is 0.164. The Morgan fingerprint density at radius 3 is 2.50 bits per heavy atom. The summed E-state index contributed by atoms with van der Waals surface area (Å²) < 4.78 is 32.9. The standard InChI is InChI=1S/C28H23ClN4O3S2/c29-17-20-13-14-24(28(34)30-18-22-11-6-10-21-9-4-5-12-23(21)22)26(16-20)33(38(35)36)27-25(31-37-32-27)15-19-7-2-1-3-8-19/h1-14,16H,15,17-18H2,(H,30,34)(H,35,36). The minimum atomic E-state index is -2.53. The third-order valence-corrected chi connectivity index (χ3v) is 7.65. The van der Waals surface area contributed by atoms with E-state index in [-0.39, 0.29) is 29.5 Å². The summed E-state index contributed by atoms with van der Waals surface area (Å²) in [5, 5.41) is 5.09. The zero-order valence-electron chi connectivity index (χ0n) is 20.1. The van der Waals surface area contributed by atoms with Crippen molar-refractivity contribution in [3.8, 4) is 0 Å². The highest BCUT2D eigenvalue weighted by molar-refractivity contribution is 7.81. The lowest BCUT2D eigenvalue weighted by Gasteiger charge is -2.22. The van der Waals surface area contributed by atoms with Crippen LogP contribution in [0.3, 0.4) is 0 Å². The number of alkyl halides is 1. The minimum absolute atomic E-state index is 0.170. The van der Waals surface area contributed by atoms with Crippen LogP contribution in [0.2, 0.25) is 0 Å². The summed E-state index contributed by atoms with van der Waals surface area (Å²) in [6.07, 6.45) is 0.415. The van der Waals surface area contributed by atoms with Gasteiger partial charge in [-0.3, -0.25) is 9.35 Å². The van der Waals surface area contributed by atoms with Crippen LogP contribution in [0, 0.1) is 0 Å². The predicted octanol–water partition coefficient (Wildman–Crippen LogP) is 6.23. The highest BCUT2D eigenvalue weighted by atomic mass is 35.5. The highest BCUT2D eigenvalue weighted by Gasteiger charge is 2.27. The van der Waals surface area contributed by atoms with Crippen molar-refractivity contribution in [2.45, 2.75) is 18.8 Å². The molecule has 38 heavy (non-hydrogen) atoms. The van der Waals surface area contributed by atoms with Gasteiger partial charge in [0.05, 0.1) is 23.0 Å². The molecule has 1 unspecified atom stereocenters. The molecule has 0 saturated carbocycles. The Labute approximate surface area is 231 Å². The monoisotopic (exact) mass is 562 g/mol. The molecule has 1 heterocycles. The Hall–Kier alpha value is -3.63. The number of carbonyl (C=O) groups excluding carboxylic acids is 1. The van der Waals surface area contributed by atoms with Crippen LogP contribution in [-0.4, -0.2) is 23.4 Å². The van der Waals surface area contributed by atoms with E-state index in [0.717, 1.165) is 37.9 Å². The maximum atomic E-state index is 13.5. The molecule has 0 aliphatic rings. The Bertz CT molecular complexity index is 1610. The second-order valence-corrected chi connectivity index (χ2v) is 10.2.